The highest BCUT2D eigenvalue weighted by Crippen LogP contribution is 2.43. The van der Waals surface area contributed by atoms with Crippen molar-refractivity contribution in [1.82, 2.24) is 5.32 Å². The number of hydrogen-bond donors (Lipinski definition) is 1. The maximum absolute atomic E-state index is 13.0. The van der Waals surface area contributed by atoms with Crippen LogP contribution in [-0.2, 0) is 22.4 Å². The fourth-order valence-corrected chi connectivity index (χ4v) is 5.35. The number of thioether (sulfide) groups is 1. The lowest BCUT2D eigenvalue weighted by Crippen LogP contribution is -2.38. The Balaban J connectivity index is 1.76. The number of fused-ring (bicyclic) bond motifs is 1. The minimum absolute atomic E-state index is 0.0500. The number of carbonyl (C=O) groups is 2. The van der Waals surface area contributed by atoms with Crippen molar-refractivity contribution in [2.45, 2.75) is 37.5 Å². The van der Waals surface area contributed by atoms with Gasteiger partial charge in [-0.25, -0.2) is 0 Å². The van der Waals surface area contributed by atoms with E-state index in [-0.39, 0.29) is 23.1 Å². The molecular formula is C22H22N2O3S2. The Morgan fingerprint density at radius 2 is 1.97 bits per heavy atom. The van der Waals surface area contributed by atoms with E-state index in [4.69, 9.17) is 17.0 Å². The number of methoxy groups -OCH3 is 1. The molecule has 4 rings (SSSR count). The first-order chi connectivity index (χ1) is 14.0. The third-order valence-electron chi connectivity index (χ3n) is 5.50. The van der Waals surface area contributed by atoms with E-state index in [1.807, 2.05) is 54.3 Å². The summed E-state index contributed by atoms with van der Waals surface area (Å²) in [7, 11) is 1.62. The normalized spacial score (nSPS) is 19.7. The largest absolute Gasteiger partial charge is 0.495 e. The van der Waals surface area contributed by atoms with Crippen molar-refractivity contribution < 1.29 is 14.3 Å². The predicted molar refractivity (Wildman–Crippen MR) is 119 cm³/mol. The molecule has 5 nitrogen and oxygen atoms in total. The molecule has 0 aromatic heterocycles. The van der Waals surface area contributed by atoms with Crippen molar-refractivity contribution in [3.63, 3.8) is 0 Å². The molecule has 1 saturated heterocycles. The number of carbonyl (C=O) groups excluding carboxylic acids is 2. The molecule has 2 aromatic rings. The molecule has 0 saturated carbocycles. The minimum atomic E-state index is -0.238. The fraction of sp³-hybridized carbons (Fsp3) is 0.318. The quantitative estimate of drug-likeness (QED) is 0.737. The van der Waals surface area contributed by atoms with Gasteiger partial charge in [-0.15, -0.1) is 0 Å². The smallest absolute Gasteiger partial charge is 0.239 e. The third kappa shape index (κ3) is 3.76. The summed E-state index contributed by atoms with van der Waals surface area (Å²) < 4.78 is 6.17. The summed E-state index contributed by atoms with van der Waals surface area (Å²) in [6, 6.07) is 13.8. The Bertz CT molecular complexity index is 978. The summed E-state index contributed by atoms with van der Waals surface area (Å²) in [5.41, 5.74) is 4.04. The van der Waals surface area contributed by atoms with Gasteiger partial charge in [0, 0.05) is 6.42 Å². The molecule has 0 bridgehead atoms. The zero-order valence-corrected chi connectivity index (χ0v) is 17.9. The average molecular weight is 427 g/mol. The van der Waals surface area contributed by atoms with Crippen LogP contribution in [0.4, 0.5) is 5.69 Å². The van der Waals surface area contributed by atoms with Gasteiger partial charge < -0.3 is 15.0 Å². The van der Waals surface area contributed by atoms with E-state index in [9.17, 15) is 9.59 Å². The van der Waals surface area contributed by atoms with Crippen LogP contribution in [0, 0.1) is 0 Å². The standard InChI is InChI=1S/C22H22N2O3S2/c1-13(14-6-4-3-5-7-14)24-19(25)11-9-16-15(8-10-17(27-2)20(16)24)12-18-21(26)23-22(28)29-18/h3-8,10,13,18H,9,11-12H2,1-2H3,(H,23,26,28). The molecule has 2 aromatic carbocycles. The van der Waals surface area contributed by atoms with E-state index in [1.165, 1.54) is 11.8 Å². The van der Waals surface area contributed by atoms with Gasteiger partial charge >= 0.3 is 0 Å². The van der Waals surface area contributed by atoms with Crippen LogP contribution in [0.1, 0.15) is 36.1 Å². The molecule has 2 unspecified atom stereocenters. The number of rotatable bonds is 5. The molecule has 29 heavy (non-hydrogen) atoms. The Morgan fingerprint density at radius 3 is 2.62 bits per heavy atom. The number of nitrogens with one attached hydrogen (secondary N) is 1. The van der Waals surface area contributed by atoms with Crippen LogP contribution in [0.2, 0.25) is 0 Å². The van der Waals surface area contributed by atoms with E-state index in [0.29, 0.717) is 29.3 Å². The van der Waals surface area contributed by atoms with Gasteiger partial charge in [0.2, 0.25) is 11.8 Å². The zero-order valence-electron chi connectivity index (χ0n) is 16.3. The lowest BCUT2D eigenvalue weighted by atomic mass is 9.91. The topological polar surface area (TPSA) is 58.6 Å². The Morgan fingerprint density at radius 1 is 1.21 bits per heavy atom. The maximum atomic E-state index is 13.0. The average Bonchev–Trinajstić information content (AvgIpc) is 3.05. The molecule has 2 aliphatic rings. The number of benzene rings is 2. The molecule has 1 N–H and O–H groups in total. The number of amides is 2. The Kier molecular flexibility index (Phi) is 5.61. The SMILES string of the molecule is COc1ccc(CC2SC(=S)NC2=O)c2c1N(C(C)c1ccccc1)C(=O)CC2. The summed E-state index contributed by atoms with van der Waals surface area (Å²) in [4.78, 5) is 27.0. The molecular weight excluding hydrogens is 404 g/mol. The third-order valence-corrected chi connectivity index (χ3v) is 6.87. The summed E-state index contributed by atoms with van der Waals surface area (Å²) in [6.07, 6.45) is 1.65. The van der Waals surface area contributed by atoms with E-state index >= 15 is 0 Å². The number of thiocarbonyl (C=S) groups is 1. The summed E-state index contributed by atoms with van der Waals surface area (Å²) in [6.45, 7) is 2.03. The van der Waals surface area contributed by atoms with Gasteiger partial charge in [-0.1, -0.05) is 60.4 Å². The van der Waals surface area contributed by atoms with Crippen molar-refractivity contribution in [2.24, 2.45) is 0 Å². The summed E-state index contributed by atoms with van der Waals surface area (Å²) in [5, 5.41) is 2.47. The van der Waals surface area contributed by atoms with Crippen molar-refractivity contribution in [3.8, 4) is 5.75 Å². The van der Waals surface area contributed by atoms with Crippen LogP contribution in [0.15, 0.2) is 42.5 Å². The molecule has 1 fully saturated rings. The molecule has 0 radical (unpaired) electrons. The van der Waals surface area contributed by atoms with Crippen molar-refractivity contribution in [3.05, 3.63) is 59.2 Å². The highest BCUT2D eigenvalue weighted by atomic mass is 32.2. The van der Waals surface area contributed by atoms with E-state index < -0.39 is 0 Å². The number of nitrogens with zero attached hydrogens (tertiary/aromatic N) is 1. The lowest BCUT2D eigenvalue weighted by molar-refractivity contribution is -0.120. The zero-order chi connectivity index (χ0) is 20.5. The number of hydrogen-bond acceptors (Lipinski definition) is 5. The minimum Gasteiger partial charge on any atom is -0.495 e. The Hall–Kier alpha value is -2.38. The number of ether oxygens (including phenoxy) is 1. The van der Waals surface area contributed by atoms with E-state index in [1.54, 1.807) is 7.11 Å². The van der Waals surface area contributed by atoms with Gasteiger partial charge in [-0.05, 0) is 42.5 Å². The van der Waals surface area contributed by atoms with Crippen LogP contribution in [0.3, 0.4) is 0 Å². The van der Waals surface area contributed by atoms with Gasteiger partial charge in [-0.2, -0.15) is 0 Å². The molecule has 2 aliphatic heterocycles. The van der Waals surface area contributed by atoms with Crippen LogP contribution in [0.5, 0.6) is 5.75 Å². The van der Waals surface area contributed by atoms with Gasteiger partial charge in [0.05, 0.1) is 24.1 Å². The second kappa shape index (κ2) is 8.16. The second-order valence-corrected chi connectivity index (χ2v) is 9.07. The van der Waals surface area contributed by atoms with Crippen molar-refractivity contribution in [2.75, 3.05) is 12.0 Å². The van der Waals surface area contributed by atoms with Crippen molar-refractivity contribution in [1.29, 1.82) is 0 Å². The first-order valence-corrected chi connectivity index (χ1v) is 10.9. The van der Waals surface area contributed by atoms with Crippen LogP contribution >= 0.6 is 24.0 Å². The molecule has 2 amide bonds. The van der Waals surface area contributed by atoms with Gasteiger partial charge in [-0.3, -0.25) is 9.59 Å². The van der Waals surface area contributed by atoms with Crippen LogP contribution in [-0.4, -0.2) is 28.5 Å². The summed E-state index contributed by atoms with van der Waals surface area (Å²) in [5.74, 6) is 0.711. The Labute approximate surface area is 179 Å². The van der Waals surface area contributed by atoms with E-state index in [0.717, 1.165) is 22.4 Å². The summed E-state index contributed by atoms with van der Waals surface area (Å²) >= 11 is 6.52. The second-order valence-electron chi connectivity index (χ2n) is 7.19. The molecule has 7 heteroatoms. The molecule has 0 spiro atoms. The molecule has 0 aliphatic carbocycles. The van der Waals surface area contributed by atoms with E-state index in [2.05, 4.69) is 5.32 Å². The molecule has 2 heterocycles. The van der Waals surface area contributed by atoms with Gasteiger partial charge in [0.1, 0.15) is 10.1 Å². The van der Waals surface area contributed by atoms with Crippen LogP contribution < -0.4 is 15.0 Å². The molecule has 150 valence electrons. The van der Waals surface area contributed by atoms with Gasteiger partial charge in [0.25, 0.3) is 0 Å². The first-order valence-electron chi connectivity index (χ1n) is 9.56. The fourth-order valence-electron chi connectivity index (χ4n) is 4.05. The van der Waals surface area contributed by atoms with Crippen molar-refractivity contribution >= 4 is 45.8 Å². The highest BCUT2D eigenvalue weighted by Gasteiger charge is 2.35. The predicted octanol–water partition coefficient (Wildman–Crippen LogP) is 3.79. The first kappa shape index (κ1) is 19.9. The monoisotopic (exact) mass is 426 g/mol. The van der Waals surface area contributed by atoms with Crippen LogP contribution in [0.25, 0.3) is 0 Å². The van der Waals surface area contributed by atoms with Gasteiger partial charge in [0.15, 0.2) is 0 Å². The highest BCUT2D eigenvalue weighted by molar-refractivity contribution is 8.24. The molecule has 2 atom stereocenters. The number of anilines is 1. The lowest BCUT2D eigenvalue weighted by Gasteiger charge is -2.36. The maximum Gasteiger partial charge on any atom is 0.239 e.